The van der Waals surface area contributed by atoms with Gasteiger partial charge in [0.2, 0.25) is 5.88 Å². The Labute approximate surface area is 197 Å². The molecule has 0 saturated heterocycles. The van der Waals surface area contributed by atoms with E-state index >= 15 is 0 Å². The number of nitrogens with one attached hydrogen (secondary N) is 2. The quantitative estimate of drug-likeness (QED) is 0.446. The Balaban J connectivity index is 1.20. The topological polar surface area (TPSA) is 101 Å². The van der Waals surface area contributed by atoms with Crippen LogP contribution in [0.3, 0.4) is 0 Å². The van der Waals surface area contributed by atoms with Crippen molar-refractivity contribution in [1.82, 2.24) is 29.6 Å². The number of fused-ring (bicyclic) bond motifs is 2. The van der Waals surface area contributed by atoms with E-state index in [4.69, 9.17) is 4.74 Å². The first kappa shape index (κ1) is 20.9. The van der Waals surface area contributed by atoms with Gasteiger partial charge < -0.3 is 4.74 Å². The zero-order valence-corrected chi connectivity index (χ0v) is 19.5. The van der Waals surface area contributed by atoms with Crippen LogP contribution in [0.1, 0.15) is 50.6 Å². The molecule has 1 saturated carbocycles. The van der Waals surface area contributed by atoms with Crippen molar-refractivity contribution in [2.45, 2.75) is 58.2 Å². The van der Waals surface area contributed by atoms with Crippen molar-refractivity contribution in [3.8, 4) is 11.6 Å². The average Bonchev–Trinajstić information content (AvgIpc) is 3.22. The summed E-state index contributed by atoms with van der Waals surface area (Å²) >= 11 is 0. The molecule has 1 amide bonds. The molecule has 9 heteroatoms. The van der Waals surface area contributed by atoms with Crippen LogP contribution in [0.5, 0.6) is 11.6 Å². The zero-order valence-electron chi connectivity index (χ0n) is 19.5. The summed E-state index contributed by atoms with van der Waals surface area (Å²) in [5, 5.41) is 11.1. The summed E-state index contributed by atoms with van der Waals surface area (Å²) in [5.41, 5.74) is 4.07. The fourth-order valence-electron chi connectivity index (χ4n) is 4.42. The predicted octanol–water partition coefficient (Wildman–Crippen LogP) is 4.80. The van der Waals surface area contributed by atoms with E-state index in [0.717, 1.165) is 53.8 Å². The molecule has 3 aromatic heterocycles. The molecule has 6 rings (SSSR count). The van der Waals surface area contributed by atoms with Crippen molar-refractivity contribution in [3.05, 3.63) is 59.8 Å². The molecule has 0 atom stereocenters. The van der Waals surface area contributed by atoms with Gasteiger partial charge >= 0.3 is 6.03 Å². The Kier molecular flexibility index (Phi) is 4.70. The summed E-state index contributed by atoms with van der Waals surface area (Å²) in [6.45, 7) is 8.12. The van der Waals surface area contributed by atoms with Gasteiger partial charge in [0.15, 0.2) is 5.82 Å². The molecule has 1 aliphatic carbocycles. The van der Waals surface area contributed by atoms with E-state index in [1.165, 1.54) is 0 Å². The summed E-state index contributed by atoms with van der Waals surface area (Å²) in [5.74, 6) is 1.79. The molecule has 1 aromatic carbocycles. The number of aromatic amines is 1. The number of H-pyrrole nitrogens is 1. The van der Waals surface area contributed by atoms with Crippen molar-refractivity contribution < 1.29 is 9.53 Å². The second kappa shape index (κ2) is 7.66. The van der Waals surface area contributed by atoms with Crippen LogP contribution in [0.15, 0.2) is 42.9 Å². The molecule has 0 radical (unpaired) electrons. The molecular weight excluding hydrogens is 430 g/mol. The third-order valence-corrected chi connectivity index (χ3v) is 7.00. The second-order valence-electron chi connectivity index (χ2n) is 9.77. The molecule has 4 heterocycles. The average molecular weight is 458 g/mol. The number of carbonyl (C=O) groups is 1. The Morgan fingerprint density at radius 3 is 2.82 bits per heavy atom. The molecule has 34 heavy (non-hydrogen) atoms. The summed E-state index contributed by atoms with van der Waals surface area (Å²) < 4.78 is 7.74. The molecule has 2 N–H and O–H groups in total. The van der Waals surface area contributed by atoms with E-state index in [9.17, 15) is 4.79 Å². The van der Waals surface area contributed by atoms with E-state index in [2.05, 4.69) is 51.2 Å². The maximum atomic E-state index is 12.9. The molecule has 1 fully saturated rings. The first-order chi connectivity index (χ1) is 16.4. The first-order valence-corrected chi connectivity index (χ1v) is 11.6. The minimum atomic E-state index is -0.259. The van der Waals surface area contributed by atoms with Crippen LogP contribution < -0.4 is 10.1 Å². The summed E-state index contributed by atoms with van der Waals surface area (Å²) in [4.78, 5) is 24.0. The lowest BCUT2D eigenvalue weighted by atomic mass is 10.1. The van der Waals surface area contributed by atoms with Gasteiger partial charge in [-0.2, -0.15) is 5.10 Å². The number of anilines is 1. The minimum absolute atomic E-state index is 0.170. The molecule has 1 aliphatic heterocycles. The number of carbonyl (C=O) groups excluding carboxylic acids is 1. The van der Waals surface area contributed by atoms with Gasteiger partial charge in [0, 0.05) is 47.9 Å². The molecule has 9 nitrogen and oxygen atoms in total. The minimum Gasteiger partial charge on any atom is -0.439 e. The predicted molar refractivity (Wildman–Crippen MR) is 128 cm³/mol. The van der Waals surface area contributed by atoms with Gasteiger partial charge in [0.1, 0.15) is 12.1 Å². The second-order valence-corrected chi connectivity index (χ2v) is 9.77. The highest BCUT2D eigenvalue weighted by atomic mass is 16.5. The van der Waals surface area contributed by atoms with Gasteiger partial charge in [-0.25, -0.2) is 14.8 Å². The van der Waals surface area contributed by atoms with Crippen LogP contribution in [-0.4, -0.2) is 41.7 Å². The highest BCUT2D eigenvalue weighted by molar-refractivity contribution is 5.98. The lowest BCUT2D eigenvalue weighted by Gasteiger charge is -2.18. The van der Waals surface area contributed by atoms with Crippen LogP contribution in [0.2, 0.25) is 0 Å². The fourth-order valence-corrected chi connectivity index (χ4v) is 4.42. The monoisotopic (exact) mass is 457 g/mol. The normalized spacial score (nSPS) is 16.7. The fraction of sp³-hybridized carbons (Fsp3) is 0.360. The lowest BCUT2D eigenvalue weighted by molar-refractivity contribution is 0.225. The van der Waals surface area contributed by atoms with Crippen LogP contribution in [0, 0.1) is 0 Å². The third kappa shape index (κ3) is 3.62. The van der Waals surface area contributed by atoms with E-state index in [0.29, 0.717) is 23.5 Å². The number of aromatic nitrogens is 5. The summed E-state index contributed by atoms with van der Waals surface area (Å²) in [7, 11) is 0. The van der Waals surface area contributed by atoms with Crippen molar-refractivity contribution in [2.75, 3.05) is 5.32 Å². The molecule has 174 valence electrons. The largest absolute Gasteiger partial charge is 0.439 e. The lowest BCUT2D eigenvalue weighted by Crippen LogP contribution is -2.24. The summed E-state index contributed by atoms with van der Waals surface area (Å²) in [6.07, 6.45) is 5.59. The Bertz CT molecular complexity index is 1400. The third-order valence-electron chi connectivity index (χ3n) is 7.00. The van der Waals surface area contributed by atoms with Crippen molar-refractivity contribution in [1.29, 1.82) is 0 Å². The Hall–Kier alpha value is -3.72. The number of nitrogens with zero attached hydrogens (tertiary/aromatic N) is 5. The first-order valence-electron chi connectivity index (χ1n) is 11.6. The van der Waals surface area contributed by atoms with Crippen LogP contribution in [-0.2, 0) is 18.5 Å². The number of hydrogen-bond acceptors (Lipinski definition) is 6. The van der Waals surface area contributed by atoms with Crippen LogP contribution in [0.25, 0.3) is 10.9 Å². The van der Waals surface area contributed by atoms with Crippen LogP contribution in [0.4, 0.5) is 10.6 Å². The summed E-state index contributed by atoms with van der Waals surface area (Å²) in [6, 6.07) is 9.64. The van der Waals surface area contributed by atoms with E-state index < -0.39 is 0 Å². The van der Waals surface area contributed by atoms with Gasteiger partial charge in [0.25, 0.3) is 0 Å². The number of amides is 1. The van der Waals surface area contributed by atoms with Gasteiger partial charge in [0.05, 0.1) is 16.8 Å². The molecule has 0 unspecified atom stereocenters. The Morgan fingerprint density at radius 2 is 2.03 bits per heavy atom. The molecule has 4 aromatic rings. The van der Waals surface area contributed by atoms with Gasteiger partial charge in [-0.1, -0.05) is 6.92 Å². The zero-order chi connectivity index (χ0) is 23.4. The number of hydrogen-bond donors (Lipinski definition) is 2. The van der Waals surface area contributed by atoms with Gasteiger partial charge in [-0.15, -0.1) is 0 Å². The van der Waals surface area contributed by atoms with E-state index in [1.807, 2.05) is 30.3 Å². The van der Waals surface area contributed by atoms with E-state index in [1.54, 1.807) is 17.1 Å². The number of rotatable bonds is 5. The highest BCUT2D eigenvalue weighted by Crippen LogP contribution is 2.47. The van der Waals surface area contributed by atoms with Gasteiger partial charge in [-0.3, -0.25) is 19.9 Å². The van der Waals surface area contributed by atoms with Crippen LogP contribution >= 0.6 is 0 Å². The maximum absolute atomic E-state index is 12.9. The maximum Gasteiger partial charge on any atom is 0.331 e. The Morgan fingerprint density at radius 1 is 1.18 bits per heavy atom. The number of ether oxygens (including phenoxy) is 1. The SMILES string of the molecule is CC(C)N1Cc2ncnc(Oc3ccc4c(ccn4C(=O)Nc4cc(C5(C)CC5)[nH]n4)c3)c2C1. The molecule has 0 spiro atoms. The molecular formula is C25H27N7O2. The number of benzene rings is 1. The standard InChI is InChI=1S/C25H27N7O2/c1-15(2)31-12-18-19(13-31)26-14-27-23(18)34-17-4-5-20-16(10-17)6-9-32(20)24(33)28-22-11-21(29-30-22)25(3)7-8-25/h4-6,9-11,14-15H,7-8,12-13H2,1-3H3,(H2,28,29,30,33). The van der Waals surface area contributed by atoms with Crippen molar-refractivity contribution >= 4 is 22.8 Å². The molecule has 0 bridgehead atoms. The van der Waals surface area contributed by atoms with E-state index in [-0.39, 0.29) is 11.4 Å². The van der Waals surface area contributed by atoms with Crippen molar-refractivity contribution in [3.63, 3.8) is 0 Å². The highest BCUT2D eigenvalue weighted by Gasteiger charge is 2.40. The molecule has 2 aliphatic rings. The van der Waals surface area contributed by atoms with Gasteiger partial charge in [-0.05, 0) is 51.0 Å². The smallest absolute Gasteiger partial charge is 0.331 e. The van der Waals surface area contributed by atoms with Crippen molar-refractivity contribution in [2.24, 2.45) is 0 Å².